The van der Waals surface area contributed by atoms with Crippen LogP contribution < -0.4 is 14.5 Å². The lowest BCUT2D eigenvalue weighted by Gasteiger charge is -2.37. The molecule has 5 rings (SSSR count). The number of fused-ring (bicyclic) bond motifs is 1. The van der Waals surface area contributed by atoms with E-state index in [-0.39, 0.29) is 37.4 Å². The number of aryl methyl sites for hydroxylation is 2. The predicted octanol–water partition coefficient (Wildman–Crippen LogP) is 5.37. The van der Waals surface area contributed by atoms with Crippen molar-refractivity contribution in [3.8, 4) is 5.75 Å². The summed E-state index contributed by atoms with van der Waals surface area (Å²) in [7, 11) is 0. The van der Waals surface area contributed by atoms with Crippen molar-refractivity contribution in [2.75, 3.05) is 42.6 Å². The molecule has 0 aliphatic carbocycles. The van der Waals surface area contributed by atoms with Crippen LogP contribution in [0.15, 0.2) is 67.8 Å². The quantitative estimate of drug-likeness (QED) is 0.195. The van der Waals surface area contributed by atoms with Gasteiger partial charge in [-0.1, -0.05) is 37.1 Å². The van der Waals surface area contributed by atoms with Crippen molar-refractivity contribution < 1.29 is 29.0 Å². The summed E-state index contributed by atoms with van der Waals surface area (Å²) in [5.41, 5.74) is 2.31. The van der Waals surface area contributed by atoms with Crippen LogP contribution >= 0.6 is 0 Å². The zero-order valence-electron chi connectivity index (χ0n) is 28.0. The van der Waals surface area contributed by atoms with Gasteiger partial charge < -0.3 is 29.3 Å². The molecule has 0 aromatic heterocycles. The molecule has 3 fully saturated rings. The Balaban J connectivity index is 1.52. The van der Waals surface area contributed by atoms with Crippen molar-refractivity contribution in [3.63, 3.8) is 0 Å². The van der Waals surface area contributed by atoms with E-state index < -0.39 is 29.6 Å². The molecule has 2 bridgehead atoms. The van der Waals surface area contributed by atoms with E-state index in [0.717, 1.165) is 29.7 Å². The molecule has 2 unspecified atom stereocenters. The van der Waals surface area contributed by atoms with Gasteiger partial charge in [-0.15, -0.1) is 13.2 Å². The van der Waals surface area contributed by atoms with Crippen molar-refractivity contribution in [2.24, 2.45) is 11.8 Å². The van der Waals surface area contributed by atoms with E-state index in [2.05, 4.69) is 13.2 Å². The Labute approximate surface area is 278 Å². The first-order valence-corrected chi connectivity index (χ1v) is 17.0. The first-order chi connectivity index (χ1) is 22.7. The lowest BCUT2D eigenvalue weighted by molar-refractivity contribution is -0.140. The summed E-state index contributed by atoms with van der Waals surface area (Å²) in [4.78, 5) is 49.1. The average Bonchev–Trinajstić information content (AvgIpc) is 3.71. The number of nitrogens with zero attached hydrogens (tertiary/aromatic N) is 3. The van der Waals surface area contributed by atoms with Crippen molar-refractivity contribution in [1.29, 1.82) is 0 Å². The second-order valence-electron chi connectivity index (χ2n) is 12.9. The third-order valence-electron chi connectivity index (χ3n) is 9.90. The highest BCUT2D eigenvalue weighted by Crippen LogP contribution is 2.59. The number of hydrogen-bond acceptors (Lipinski definition) is 6. The van der Waals surface area contributed by atoms with Gasteiger partial charge in [-0.05, 0) is 87.9 Å². The van der Waals surface area contributed by atoms with Gasteiger partial charge in [0.25, 0.3) is 5.91 Å². The fourth-order valence-corrected chi connectivity index (χ4v) is 7.82. The zero-order valence-corrected chi connectivity index (χ0v) is 28.0. The summed E-state index contributed by atoms with van der Waals surface area (Å²) in [5.74, 6) is -1.42. The summed E-state index contributed by atoms with van der Waals surface area (Å²) in [6.45, 7) is 15.3. The van der Waals surface area contributed by atoms with Crippen LogP contribution in [0.2, 0.25) is 0 Å². The molecule has 0 radical (unpaired) electrons. The Morgan fingerprint density at radius 2 is 1.72 bits per heavy atom. The highest BCUT2D eigenvalue weighted by atomic mass is 16.5. The molecule has 1 N–H and O–H groups in total. The number of unbranched alkanes of at least 4 members (excludes halogenated alkanes) is 3. The van der Waals surface area contributed by atoms with Crippen LogP contribution in [0, 0.1) is 25.7 Å². The minimum atomic E-state index is -1.11. The number of hydrogen-bond donors (Lipinski definition) is 1. The van der Waals surface area contributed by atoms with E-state index in [9.17, 15) is 19.5 Å². The van der Waals surface area contributed by atoms with E-state index in [1.54, 1.807) is 26.9 Å². The van der Waals surface area contributed by atoms with Crippen LogP contribution in [0.5, 0.6) is 5.75 Å². The molecule has 3 aliphatic heterocycles. The number of aliphatic hydroxyl groups is 1. The van der Waals surface area contributed by atoms with E-state index in [4.69, 9.17) is 9.47 Å². The molecule has 3 amide bonds. The van der Waals surface area contributed by atoms with Crippen LogP contribution in [0.3, 0.4) is 0 Å². The van der Waals surface area contributed by atoms with Crippen LogP contribution in [0.25, 0.3) is 0 Å². The average molecular weight is 644 g/mol. The Bertz CT molecular complexity index is 1470. The molecular formula is C38H49N3O6. The number of carbonyl (C=O) groups excluding carboxylic acids is 3. The van der Waals surface area contributed by atoms with Gasteiger partial charge in [0.05, 0.1) is 24.5 Å². The maximum absolute atomic E-state index is 14.9. The summed E-state index contributed by atoms with van der Waals surface area (Å²) in [6.07, 6.45) is 7.03. The standard InChI is InChI=1S/C38H49N3O6/c1-6-21-39(28-15-17-29(18-16-28)46-8-3)35(43)32-31-19-20-38(47-31)33(32)36(44)41(23-11-9-10-12-24-42)34(38)37(45)40(22-7-2)30-25-26(4)13-14-27(30)5/h6-7,13-18,25,31-34,42H,1-2,8-12,19-24H2,3-5H3/t31-,32+,33+,34?,38?/m1/s1. The number of rotatable bonds is 16. The molecule has 2 aromatic rings. The molecule has 9 nitrogen and oxygen atoms in total. The van der Waals surface area contributed by atoms with Crippen LogP contribution in [0.1, 0.15) is 56.6 Å². The number of anilines is 2. The summed E-state index contributed by atoms with van der Waals surface area (Å²) in [6, 6.07) is 12.5. The largest absolute Gasteiger partial charge is 0.494 e. The molecular weight excluding hydrogens is 594 g/mol. The molecule has 3 aliphatic rings. The summed E-state index contributed by atoms with van der Waals surface area (Å²) >= 11 is 0. The summed E-state index contributed by atoms with van der Waals surface area (Å²) in [5, 5.41) is 9.27. The van der Waals surface area contributed by atoms with Crippen LogP contribution in [0.4, 0.5) is 11.4 Å². The zero-order chi connectivity index (χ0) is 33.7. The number of aliphatic hydroxyl groups excluding tert-OH is 1. The molecule has 9 heteroatoms. The van der Waals surface area contributed by atoms with E-state index in [1.807, 2.05) is 63.2 Å². The number of carbonyl (C=O) groups is 3. The third-order valence-corrected chi connectivity index (χ3v) is 9.90. The minimum absolute atomic E-state index is 0.121. The molecule has 0 saturated carbocycles. The topological polar surface area (TPSA) is 99.6 Å². The minimum Gasteiger partial charge on any atom is -0.494 e. The first-order valence-electron chi connectivity index (χ1n) is 17.0. The monoisotopic (exact) mass is 643 g/mol. The molecule has 2 aromatic carbocycles. The molecule has 252 valence electrons. The van der Waals surface area contributed by atoms with Gasteiger partial charge in [0.15, 0.2) is 0 Å². The fourth-order valence-electron chi connectivity index (χ4n) is 7.82. The highest BCUT2D eigenvalue weighted by molar-refractivity contribution is 6.06. The first kappa shape index (κ1) is 34.4. The molecule has 3 heterocycles. The van der Waals surface area contributed by atoms with Crippen LogP contribution in [-0.4, -0.2) is 78.3 Å². The Morgan fingerprint density at radius 3 is 2.40 bits per heavy atom. The molecule has 5 atom stereocenters. The Morgan fingerprint density at radius 1 is 1.02 bits per heavy atom. The second kappa shape index (κ2) is 14.9. The highest BCUT2D eigenvalue weighted by Gasteiger charge is 2.75. The van der Waals surface area contributed by atoms with Gasteiger partial charge >= 0.3 is 0 Å². The van der Waals surface area contributed by atoms with Crippen molar-refractivity contribution in [1.82, 2.24) is 4.90 Å². The van der Waals surface area contributed by atoms with Gasteiger partial charge in [-0.25, -0.2) is 0 Å². The van der Waals surface area contributed by atoms with Crippen molar-refractivity contribution >= 4 is 29.1 Å². The number of likely N-dealkylation sites (tertiary alicyclic amines) is 1. The predicted molar refractivity (Wildman–Crippen MR) is 183 cm³/mol. The van der Waals surface area contributed by atoms with Crippen LogP contribution in [-0.2, 0) is 19.1 Å². The van der Waals surface area contributed by atoms with Gasteiger partial charge in [-0.2, -0.15) is 0 Å². The second-order valence-corrected chi connectivity index (χ2v) is 12.9. The van der Waals surface area contributed by atoms with Crippen molar-refractivity contribution in [2.45, 2.75) is 77.0 Å². The van der Waals surface area contributed by atoms with Crippen molar-refractivity contribution in [3.05, 3.63) is 78.9 Å². The van der Waals surface area contributed by atoms with E-state index in [1.165, 1.54) is 0 Å². The smallest absolute Gasteiger partial charge is 0.253 e. The summed E-state index contributed by atoms with van der Waals surface area (Å²) < 4.78 is 12.4. The van der Waals surface area contributed by atoms with E-state index in [0.29, 0.717) is 50.3 Å². The Kier molecular flexibility index (Phi) is 10.9. The number of benzene rings is 2. The molecule has 1 spiro atoms. The third kappa shape index (κ3) is 6.48. The van der Waals surface area contributed by atoms with E-state index >= 15 is 0 Å². The number of amides is 3. The lowest BCUT2D eigenvalue weighted by atomic mass is 9.70. The maximum Gasteiger partial charge on any atom is 0.253 e. The van der Waals surface area contributed by atoms with Gasteiger partial charge in [0.1, 0.15) is 17.4 Å². The normalized spacial score (nSPS) is 24.3. The SMILES string of the molecule is C=CCN(C(=O)[C@@H]1[C@H]2C(=O)N(CCCCCCO)C(C(=O)N(CC=C)c3cc(C)ccc3C)C23CC[C@H]1O3)c1ccc(OCC)cc1. The Hall–Kier alpha value is -3.95. The maximum atomic E-state index is 14.9. The number of ether oxygens (including phenoxy) is 2. The molecule has 47 heavy (non-hydrogen) atoms. The lowest BCUT2D eigenvalue weighted by Crippen LogP contribution is -2.56. The fraction of sp³-hybridized carbons (Fsp3) is 0.500. The molecule has 3 saturated heterocycles. The van der Waals surface area contributed by atoms with Gasteiger partial charge in [0, 0.05) is 37.6 Å². The van der Waals surface area contributed by atoms with Gasteiger partial charge in [0.2, 0.25) is 11.8 Å². The van der Waals surface area contributed by atoms with Gasteiger partial charge in [-0.3, -0.25) is 14.4 Å².